The third kappa shape index (κ3) is 2.34. The maximum atomic E-state index is 11.2. The van der Waals surface area contributed by atoms with Crippen LogP contribution in [0.2, 0.25) is 5.02 Å². The van der Waals surface area contributed by atoms with Gasteiger partial charge in [0.1, 0.15) is 0 Å². The van der Waals surface area contributed by atoms with Crippen molar-refractivity contribution in [2.75, 3.05) is 0 Å². The Balaban J connectivity index is 3.56. The van der Waals surface area contributed by atoms with E-state index in [4.69, 9.17) is 11.6 Å². The van der Waals surface area contributed by atoms with Crippen LogP contribution in [0.25, 0.3) is 0 Å². The van der Waals surface area contributed by atoms with Crippen LogP contribution in [0.5, 0.6) is 0 Å². The fraction of sp³-hybridized carbons (Fsp3) is 0.615. The SMILES string of the molecule is CCC(C)c1c(Cl)c(C(=O)O)c(C)n1C(C)C. The summed E-state index contributed by atoms with van der Waals surface area (Å²) < 4.78 is 2.04. The van der Waals surface area contributed by atoms with Gasteiger partial charge < -0.3 is 9.67 Å². The molecule has 1 aromatic rings. The van der Waals surface area contributed by atoms with Crippen LogP contribution in [0.15, 0.2) is 0 Å². The Kier molecular flexibility index (Phi) is 4.26. The molecule has 17 heavy (non-hydrogen) atoms. The second-order valence-corrected chi connectivity index (χ2v) is 5.12. The lowest BCUT2D eigenvalue weighted by molar-refractivity contribution is 0.0696. The topological polar surface area (TPSA) is 42.2 Å². The Morgan fingerprint density at radius 3 is 2.29 bits per heavy atom. The lowest BCUT2D eigenvalue weighted by Crippen LogP contribution is -2.10. The molecule has 1 unspecified atom stereocenters. The summed E-state index contributed by atoms with van der Waals surface area (Å²) in [7, 11) is 0. The Hall–Kier alpha value is -0.960. The first kappa shape index (κ1) is 14.1. The number of carboxylic acid groups (broad SMARTS) is 1. The molecule has 1 rings (SSSR count). The second kappa shape index (κ2) is 5.13. The summed E-state index contributed by atoms with van der Waals surface area (Å²) in [6, 6.07) is 0.213. The van der Waals surface area contributed by atoms with Crippen molar-refractivity contribution in [1.29, 1.82) is 0 Å². The maximum Gasteiger partial charge on any atom is 0.339 e. The molecule has 4 heteroatoms. The van der Waals surface area contributed by atoms with E-state index in [0.717, 1.165) is 17.8 Å². The Labute approximate surface area is 107 Å². The van der Waals surface area contributed by atoms with Gasteiger partial charge in [0.05, 0.1) is 10.6 Å². The van der Waals surface area contributed by atoms with Crippen molar-refractivity contribution in [2.45, 2.75) is 53.0 Å². The van der Waals surface area contributed by atoms with Crippen LogP contribution in [0.4, 0.5) is 0 Å². The molecule has 0 radical (unpaired) electrons. The van der Waals surface area contributed by atoms with Gasteiger partial charge in [0.2, 0.25) is 0 Å². The van der Waals surface area contributed by atoms with Crippen molar-refractivity contribution < 1.29 is 9.90 Å². The van der Waals surface area contributed by atoms with Gasteiger partial charge in [-0.25, -0.2) is 4.79 Å². The third-order valence-electron chi connectivity index (χ3n) is 3.24. The molecule has 1 atom stereocenters. The minimum Gasteiger partial charge on any atom is -0.478 e. The summed E-state index contributed by atoms with van der Waals surface area (Å²) in [5, 5.41) is 9.62. The largest absolute Gasteiger partial charge is 0.478 e. The highest BCUT2D eigenvalue weighted by atomic mass is 35.5. The van der Waals surface area contributed by atoms with Gasteiger partial charge in [0, 0.05) is 17.4 Å². The Morgan fingerprint density at radius 2 is 1.94 bits per heavy atom. The molecule has 3 nitrogen and oxygen atoms in total. The molecular formula is C13H20ClNO2. The van der Waals surface area contributed by atoms with Gasteiger partial charge in [-0.1, -0.05) is 25.4 Å². The summed E-state index contributed by atoms with van der Waals surface area (Å²) in [4.78, 5) is 11.2. The smallest absolute Gasteiger partial charge is 0.339 e. The zero-order valence-corrected chi connectivity index (χ0v) is 11.8. The molecular weight excluding hydrogens is 238 g/mol. The molecule has 0 spiro atoms. The Bertz CT molecular complexity index is 435. The molecule has 0 fully saturated rings. The molecule has 1 N–H and O–H groups in total. The first-order chi connectivity index (χ1) is 7.82. The minimum absolute atomic E-state index is 0.213. The average molecular weight is 258 g/mol. The lowest BCUT2D eigenvalue weighted by atomic mass is 10.0. The number of carboxylic acids is 1. The second-order valence-electron chi connectivity index (χ2n) is 4.74. The van der Waals surface area contributed by atoms with Gasteiger partial charge >= 0.3 is 5.97 Å². The fourth-order valence-corrected chi connectivity index (χ4v) is 2.75. The normalized spacial score (nSPS) is 13.1. The molecule has 96 valence electrons. The lowest BCUT2D eigenvalue weighted by Gasteiger charge is -2.19. The van der Waals surface area contributed by atoms with Gasteiger partial charge in [-0.2, -0.15) is 0 Å². The van der Waals surface area contributed by atoms with Crippen molar-refractivity contribution in [2.24, 2.45) is 0 Å². The molecule has 0 aliphatic rings. The van der Waals surface area contributed by atoms with Gasteiger partial charge in [-0.15, -0.1) is 0 Å². The van der Waals surface area contributed by atoms with E-state index in [2.05, 4.69) is 13.8 Å². The number of nitrogens with zero attached hydrogens (tertiary/aromatic N) is 1. The van der Waals surface area contributed by atoms with E-state index < -0.39 is 5.97 Å². The van der Waals surface area contributed by atoms with E-state index in [1.54, 1.807) is 0 Å². The zero-order valence-electron chi connectivity index (χ0n) is 11.0. The highest BCUT2D eigenvalue weighted by Gasteiger charge is 2.26. The quantitative estimate of drug-likeness (QED) is 0.877. The van der Waals surface area contributed by atoms with Crippen LogP contribution < -0.4 is 0 Å². The van der Waals surface area contributed by atoms with E-state index in [1.807, 2.05) is 25.3 Å². The van der Waals surface area contributed by atoms with Crippen molar-refractivity contribution in [3.05, 3.63) is 22.0 Å². The zero-order chi connectivity index (χ0) is 13.3. The van der Waals surface area contributed by atoms with E-state index in [9.17, 15) is 9.90 Å². The molecule has 0 amide bonds. The van der Waals surface area contributed by atoms with E-state index in [0.29, 0.717) is 5.02 Å². The molecule has 0 bridgehead atoms. The molecule has 0 aromatic carbocycles. The number of halogens is 1. The van der Waals surface area contributed by atoms with Crippen LogP contribution in [0.1, 0.15) is 67.8 Å². The summed E-state index contributed by atoms with van der Waals surface area (Å²) in [6.45, 7) is 10.1. The number of hydrogen-bond donors (Lipinski definition) is 1. The summed E-state index contributed by atoms with van der Waals surface area (Å²) in [5.74, 6) is -0.687. The first-order valence-corrected chi connectivity index (χ1v) is 6.34. The van der Waals surface area contributed by atoms with Crippen molar-refractivity contribution in [1.82, 2.24) is 4.57 Å². The highest BCUT2D eigenvalue weighted by Crippen LogP contribution is 2.36. The van der Waals surface area contributed by atoms with E-state index in [-0.39, 0.29) is 17.5 Å². The monoisotopic (exact) mass is 257 g/mol. The molecule has 0 aliphatic heterocycles. The number of carbonyl (C=O) groups is 1. The summed E-state index contributed by atoms with van der Waals surface area (Å²) in [5.41, 5.74) is 1.93. The first-order valence-electron chi connectivity index (χ1n) is 5.96. The number of aromatic carboxylic acids is 1. The summed E-state index contributed by atoms with van der Waals surface area (Å²) in [6.07, 6.45) is 0.939. The fourth-order valence-electron chi connectivity index (χ4n) is 2.25. The molecule has 0 aliphatic carbocycles. The minimum atomic E-state index is -0.948. The summed E-state index contributed by atoms with van der Waals surface area (Å²) >= 11 is 6.25. The van der Waals surface area contributed by atoms with Crippen LogP contribution >= 0.6 is 11.6 Å². The van der Waals surface area contributed by atoms with E-state index in [1.165, 1.54) is 0 Å². The Morgan fingerprint density at radius 1 is 1.41 bits per heavy atom. The van der Waals surface area contributed by atoms with Crippen LogP contribution in [-0.4, -0.2) is 15.6 Å². The van der Waals surface area contributed by atoms with Gasteiger partial charge in [0.15, 0.2) is 0 Å². The van der Waals surface area contributed by atoms with Crippen molar-refractivity contribution in [3.8, 4) is 0 Å². The van der Waals surface area contributed by atoms with Crippen LogP contribution in [0, 0.1) is 6.92 Å². The highest BCUT2D eigenvalue weighted by molar-refractivity contribution is 6.34. The standard InChI is InChI=1S/C13H20ClNO2/c1-6-8(4)12-11(14)10(13(16)17)9(5)15(12)7(2)3/h7-8H,6H2,1-5H3,(H,16,17). The molecule has 0 saturated heterocycles. The molecule has 1 aromatic heterocycles. The number of aromatic nitrogens is 1. The molecule has 1 heterocycles. The predicted octanol–water partition coefficient (Wildman–Crippen LogP) is 4.24. The maximum absolute atomic E-state index is 11.2. The third-order valence-corrected chi connectivity index (χ3v) is 3.62. The van der Waals surface area contributed by atoms with Crippen LogP contribution in [-0.2, 0) is 0 Å². The number of hydrogen-bond acceptors (Lipinski definition) is 1. The van der Waals surface area contributed by atoms with E-state index >= 15 is 0 Å². The van der Waals surface area contributed by atoms with Crippen LogP contribution in [0.3, 0.4) is 0 Å². The van der Waals surface area contributed by atoms with Gasteiger partial charge in [-0.3, -0.25) is 0 Å². The number of rotatable bonds is 4. The van der Waals surface area contributed by atoms with Gasteiger partial charge in [0.25, 0.3) is 0 Å². The molecule has 0 saturated carbocycles. The van der Waals surface area contributed by atoms with Gasteiger partial charge in [-0.05, 0) is 33.1 Å². The average Bonchev–Trinajstić information content (AvgIpc) is 2.48. The van der Waals surface area contributed by atoms with Crippen molar-refractivity contribution >= 4 is 17.6 Å². The predicted molar refractivity (Wildman–Crippen MR) is 70.2 cm³/mol. The van der Waals surface area contributed by atoms with Crippen molar-refractivity contribution in [3.63, 3.8) is 0 Å².